The van der Waals surface area contributed by atoms with E-state index in [1.165, 1.54) is 6.07 Å². The van der Waals surface area contributed by atoms with Crippen molar-refractivity contribution in [3.05, 3.63) is 33.9 Å². The SMILES string of the molecule is CCC(O)CCNc1cccc(C#N)c1[N+](=O)[O-]. The molecule has 0 radical (unpaired) electrons. The van der Waals surface area contributed by atoms with Gasteiger partial charge in [-0.25, -0.2) is 0 Å². The number of nitrogens with zero attached hydrogens (tertiary/aromatic N) is 2. The molecule has 96 valence electrons. The maximum Gasteiger partial charge on any atom is 0.309 e. The number of nitrogens with one attached hydrogen (secondary N) is 1. The van der Waals surface area contributed by atoms with E-state index in [1.807, 2.05) is 6.92 Å². The lowest BCUT2D eigenvalue weighted by atomic mass is 10.1. The molecule has 1 unspecified atom stereocenters. The zero-order valence-electron chi connectivity index (χ0n) is 10.1. The standard InChI is InChI=1S/C12H15N3O3/c1-2-10(16)6-7-14-11-5-3-4-9(8-13)12(11)15(17)18/h3-5,10,14,16H,2,6-7H2,1H3. The largest absolute Gasteiger partial charge is 0.393 e. The van der Waals surface area contributed by atoms with E-state index >= 15 is 0 Å². The highest BCUT2D eigenvalue weighted by molar-refractivity contribution is 5.68. The van der Waals surface area contributed by atoms with Crippen molar-refractivity contribution in [2.75, 3.05) is 11.9 Å². The van der Waals surface area contributed by atoms with E-state index in [0.29, 0.717) is 25.1 Å². The molecule has 0 saturated carbocycles. The summed E-state index contributed by atoms with van der Waals surface area (Å²) >= 11 is 0. The van der Waals surface area contributed by atoms with Crippen LogP contribution in [0.1, 0.15) is 25.3 Å². The Bertz CT molecular complexity index is 468. The molecule has 1 rings (SSSR count). The molecule has 6 nitrogen and oxygen atoms in total. The van der Waals surface area contributed by atoms with Crippen LogP contribution in [-0.4, -0.2) is 22.7 Å². The number of nitro benzene ring substituents is 1. The van der Waals surface area contributed by atoms with Crippen molar-refractivity contribution in [3.8, 4) is 6.07 Å². The van der Waals surface area contributed by atoms with Gasteiger partial charge < -0.3 is 10.4 Å². The second-order valence-electron chi connectivity index (χ2n) is 3.85. The Hall–Kier alpha value is -2.13. The van der Waals surface area contributed by atoms with Crippen LogP contribution in [0.15, 0.2) is 18.2 Å². The second kappa shape index (κ2) is 6.57. The average molecular weight is 249 g/mol. The molecule has 0 bridgehead atoms. The zero-order valence-corrected chi connectivity index (χ0v) is 10.1. The summed E-state index contributed by atoms with van der Waals surface area (Å²) in [7, 11) is 0. The number of rotatable bonds is 6. The molecule has 0 amide bonds. The van der Waals surface area contributed by atoms with Gasteiger partial charge >= 0.3 is 5.69 Å². The Balaban J connectivity index is 2.83. The number of anilines is 1. The molecule has 0 fully saturated rings. The predicted molar refractivity (Wildman–Crippen MR) is 67.2 cm³/mol. The summed E-state index contributed by atoms with van der Waals surface area (Å²) in [4.78, 5) is 10.3. The molecule has 0 heterocycles. The first kappa shape index (κ1) is 13.9. The van der Waals surface area contributed by atoms with Gasteiger partial charge in [-0.3, -0.25) is 10.1 Å². The molecule has 1 atom stereocenters. The van der Waals surface area contributed by atoms with Crippen molar-refractivity contribution in [3.63, 3.8) is 0 Å². The Labute approximate surface area is 105 Å². The summed E-state index contributed by atoms with van der Waals surface area (Å²) < 4.78 is 0. The van der Waals surface area contributed by atoms with Crippen LogP contribution in [-0.2, 0) is 0 Å². The molecule has 0 aliphatic heterocycles. The molecule has 0 saturated heterocycles. The number of hydrogen-bond acceptors (Lipinski definition) is 5. The van der Waals surface area contributed by atoms with E-state index in [0.717, 1.165) is 0 Å². The molecular formula is C12H15N3O3. The second-order valence-corrected chi connectivity index (χ2v) is 3.85. The van der Waals surface area contributed by atoms with Crippen molar-refractivity contribution < 1.29 is 10.0 Å². The summed E-state index contributed by atoms with van der Waals surface area (Å²) in [5, 5.41) is 32.0. The molecule has 6 heteroatoms. The smallest absolute Gasteiger partial charge is 0.309 e. The minimum absolute atomic E-state index is 0.0287. The van der Waals surface area contributed by atoms with Gasteiger partial charge in [-0.15, -0.1) is 0 Å². The number of aliphatic hydroxyl groups excluding tert-OH is 1. The fourth-order valence-corrected chi connectivity index (χ4v) is 1.55. The number of hydrogen-bond donors (Lipinski definition) is 2. The van der Waals surface area contributed by atoms with Gasteiger partial charge in [-0.1, -0.05) is 13.0 Å². The Morgan fingerprint density at radius 2 is 2.33 bits per heavy atom. The van der Waals surface area contributed by atoms with Crippen molar-refractivity contribution in [2.24, 2.45) is 0 Å². The van der Waals surface area contributed by atoms with E-state index < -0.39 is 11.0 Å². The van der Waals surface area contributed by atoms with Gasteiger partial charge in [0.25, 0.3) is 0 Å². The molecule has 0 spiro atoms. The topological polar surface area (TPSA) is 99.2 Å². The van der Waals surface area contributed by atoms with Crippen molar-refractivity contribution in [2.45, 2.75) is 25.9 Å². The normalized spacial score (nSPS) is 11.6. The minimum atomic E-state index is -0.572. The zero-order chi connectivity index (χ0) is 13.5. The lowest BCUT2D eigenvalue weighted by Crippen LogP contribution is -2.13. The summed E-state index contributed by atoms with van der Waals surface area (Å²) in [5.74, 6) is 0. The van der Waals surface area contributed by atoms with Crippen LogP contribution in [0.25, 0.3) is 0 Å². The molecule has 0 aliphatic rings. The summed E-state index contributed by atoms with van der Waals surface area (Å²) in [6, 6.07) is 6.34. The Morgan fingerprint density at radius 1 is 1.61 bits per heavy atom. The fourth-order valence-electron chi connectivity index (χ4n) is 1.55. The molecule has 1 aromatic rings. The lowest BCUT2D eigenvalue weighted by Gasteiger charge is -2.10. The van der Waals surface area contributed by atoms with Gasteiger partial charge in [0.15, 0.2) is 0 Å². The summed E-state index contributed by atoms with van der Waals surface area (Å²) in [6.45, 7) is 2.29. The number of aliphatic hydroxyl groups is 1. The highest BCUT2D eigenvalue weighted by atomic mass is 16.6. The van der Waals surface area contributed by atoms with E-state index in [-0.39, 0.29) is 11.3 Å². The van der Waals surface area contributed by atoms with Crippen LogP contribution in [0.5, 0.6) is 0 Å². The highest BCUT2D eigenvalue weighted by Crippen LogP contribution is 2.27. The third-order valence-electron chi connectivity index (χ3n) is 2.60. The molecule has 1 aromatic carbocycles. The lowest BCUT2D eigenvalue weighted by molar-refractivity contribution is -0.384. The number of benzene rings is 1. The van der Waals surface area contributed by atoms with Crippen LogP contribution in [0.2, 0.25) is 0 Å². The van der Waals surface area contributed by atoms with Crippen LogP contribution in [0.3, 0.4) is 0 Å². The minimum Gasteiger partial charge on any atom is -0.393 e. The molecule has 0 aliphatic carbocycles. The van der Waals surface area contributed by atoms with Crippen molar-refractivity contribution in [1.82, 2.24) is 0 Å². The predicted octanol–water partition coefficient (Wildman–Crippen LogP) is 2.04. The molecule has 0 aromatic heterocycles. The first-order valence-electron chi connectivity index (χ1n) is 5.69. The van der Waals surface area contributed by atoms with Crippen LogP contribution in [0, 0.1) is 21.4 Å². The first-order chi connectivity index (χ1) is 8.60. The van der Waals surface area contributed by atoms with Crippen LogP contribution >= 0.6 is 0 Å². The molecule has 18 heavy (non-hydrogen) atoms. The average Bonchev–Trinajstić information content (AvgIpc) is 2.37. The number of para-hydroxylation sites is 1. The maximum absolute atomic E-state index is 10.9. The third kappa shape index (κ3) is 3.43. The van der Waals surface area contributed by atoms with Crippen LogP contribution in [0.4, 0.5) is 11.4 Å². The van der Waals surface area contributed by atoms with Crippen LogP contribution < -0.4 is 5.32 Å². The number of nitriles is 1. The van der Waals surface area contributed by atoms with E-state index in [2.05, 4.69) is 5.32 Å². The van der Waals surface area contributed by atoms with Gasteiger partial charge in [0.2, 0.25) is 0 Å². The summed E-state index contributed by atoms with van der Waals surface area (Å²) in [6.07, 6.45) is 0.725. The third-order valence-corrected chi connectivity index (χ3v) is 2.60. The summed E-state index contributed by atoms with van der Waals surface area (Å²) in [5.41, 5.74) is 0.120. The Kier molecular flexibility index (Phi) is 5.08. The van der Waals surface area contributed by atoms with E-state index in [9.17, 15) is 15.2 Å². The van der Waals surface area contributed by atoms with Gasteiger partial charge in [-0.2, -0.15) is 5.26 Å². The van der Waals surface area contributed by atoms with Crippen molar-refractivity contribution in [1.29, 1.82) is 5.26 Å². The van der Waals surface area contributed by atoms with Gasteiger partial charge in [0.1, 0.15) is 17.3 Å². The monoisotopic (exact) mass is 249 g/mol. The van der Waals surface area contributed by atoms with Crippen molar-refractivity contribution >= 4 is 11.4 Å². The first-order valence-corrected chi connectivity index (χ1v) is 5.69. The fraction of sp³-hybridized carbons (Fsp3) is 0.417. The maximum atomic E-state index is 10.9. The van der Waals surface area contributed by atoms with Gasteiger partial charge in [-0.05, 0) is 25.0 Å². The molecular weight excluding hydrogens is 234 g/mol. The molecule has 2 N–H and O–H groups in total. The van der Waals surface area contributed by atoms with E-state index in [1.54, 1.807) is 18.2 Å². The van der Waals surface area contributed by atoms with Gasteiger partial charge in [0, 0.05) is 6.54 Å². The van der Waals surface area contributed by atoms with Gasteiger partial charge in [0.05, 0.1) is 11.0 Å². The Morgan fingerprint density at radius 3 is 2.89 bits per heavy atom. The quantitative estimate of drug-likeness (QED) is 0.593. The number of nitro groups is 1. The highest BCUT2D eigenvalue weighted by Gasteiger charge is 2.19. The van der Waals surface area contributed by atoms with E-state index in [4.69, 9.17) is 5.26 Å².